The van der Waals surface area contributed by atoms with Gasteiger partial charge in [-0.05, 0) is 38.1 Å². The normalized spacial score (nSPS) is 11.6. The zero-order valence-electron chi connectivity index (χ0n) is 14.8. The van der Waals surface area contributed by atoms with Crippen molar-refractivity contribution < 1.29 is 14.3 Å². The molecule has 0 saturated carbocycles. The van der Waals surface area contributed by atoms with E-state index in [0.29, 0.717) is 22.0 Å². The smallest absolute Gasteiger partial charge is 0.369 e. The molecule has 8 nitrogen and oxygen atoms in total. The molecule has 1 amide bonds. The number of aryl methyl sites for hydroxylation is 2. The van der Waals surface area contributed by atoms with E-state index in [4.69, 9.17) is 16.3 Å². The number of aromatic nitrogens is 4. The van der Waals surface area contributed by atoms with E-state index in [0.717, 1.165) is 11.3 Å². The van der Waals surface area contributed by atoms with E-state index in [2.05, 4.69) is 15.2 Å². The van der Waals surface area contributed by atoms with Crippen LogP contribution in [0.2, 0.25) is 5.02 Å². The predicted octanol–water partition coefficient (Wildman–Crippen LogP) is 2.55. The lowest BCUT2D eigenvalue weighted by Crippen LogP contribution is -2.17. The second-order valence-electron chi connectivity index (χ2n) is 5.52. The summed E-state index contributed by atoms with van der Waals surface area (Å²) in [4.78, 5) is 29.1. The summed E-state index contributed by atoms with van der Waals surface area (Å²) in [5.41, 5.74) is 1.56. The van der Waals surface area contributed by atoms with Gasteiger partial charge in [0.15, 0.2) is 0 Å². The van der Waals surface area contributed by atoms with Crippen LogP contribution in [0.4, 0.5) is 0 Å². The van der Waals surface area contributed by atoms with Crippen molar-refractivity contribution in [2.24, 2.45) is 12.0 Å². The molecule has 10 heteroatoms. The molecule has 0 saturated heterocycles. The van der Waals surface area contributed by atoms with Gasteiger partial charge in [-0.2, -0.15) is 10.1 Å². The molecule has 0 aliphatic rings. The van der Waals surface area contributed by atoms with Crippen LogP contribution in [-0.4, -0.2) is 38.0 Å². The van der Waals surface area contributed by atoms with Crippen molar-refractivity contribution >= 4 is 34.8 Å². The molecule has 27 heavy (non-hydrogen) atoms. The van der Waals surface area contributed by atoms with E-state index < -0.39 is 11.9 Å². The minimum Gasteiger partial charge on any atom is -0.461 e. The van der Waals surface area contributed by atoms with Crippen LogP contribution in [0.5, 0.6) is 0 Å². The first-order valence-electron chi connectivity index (χ1n) is 8.01. The fourth-order valence-electron chi connectivity index (χ4n) is 2.34. The van der Waals surface area contributed by atoms with E-state index in [-0.39, 0.29) is 16.4 Å². The average molecular weight is 406 g/mol. The van der Waals surface area contributed by atoms with Crippen molar-refractivity contribution in [1.82, 2.24) is 19.6 Å². The number of nitrogens with zero attached hydrogens (tertiary/aromatic N) is 5. The quantitative estimate of drug-likeness (QED) is 0.622. The first-order chi connectivity index (χ1) is 12.9. The first kappa shape index (κ1) is 19.0. The molecule has 3 aromatic rings. The van der Waals surface area contributed by atoms with Crippen LogP contribution in [0.15, 0.2) is 35.5 Å². The van der Waals surface area contributed by atoms with E-state index in [1.165, 1.54) is 4.68 Å². The van der Waals surface area contributed by atoms with Crippen LogP contribution in [0, 0.1) is 6.92 Å². The van der Waals surface area contributed by atoms with Gasteiger partial charge >= 0.3 is 5.97 Å². The number of ether oxygens (including phenoxy) is 1. The highest BCUT2D eigenvalue weighted by Crippen LogP contribution is 2.14. The molecule has 1 aromatic carbocycles. The lowest BCUT2D eigenvalue weighted by Gasteiger charge is -2.01. The number of rotatable bonds is 4. The van der Waals surface area contributed by atoms with E-state index in [9.17, 15) is 9.59 Å². The number of benzene rings is 1. The summed E-state index contributed by atoms with van der Waals surface area (Å²) in [6.45, 7) is 3.66. The van der Waals surface area contributed by atoms with Crippen LogP contribution in [0.1, 0.15) is 32.8 Å². The number of carbonyl (C=O) groups excluding carboxylic acids is 2. The van der Waals surface area contributed by atoms with Crippen LogP contribution >= 0.6 is 22.9 Å². The van der Waals surface area contributed by atoms with Crippen molar-refractivity contribution in [1.29, 1.82) is 0 Å². The summed E-state index contributed by atoms with van der Waals surface area (Å²) < 4.78 is 7.96. The molecule has 2 aromatic heterocycles. The van der Waals surface area contributed by atoms with Gasteiger partial charge in [-0.3, -0.25) is 9.48 Å². The Labute approximate surface area is 163 Å². The largest absolute Gasteiger partial charge is 0.461 e. The SMILES string of the molecule is CCOC(=O)c1nn(-c2ccc(Cl)cc2)c(=NC(=O)c2cn(C)nc2C)s1. The van der Waals surface area contributed by atoms with Crippen molar-refractivity contribution in [3.63, 3.8) is 0 Å². The highest BCUT2D eigenvalue weighted by molar-refractivity contribution is 7.10. The van der Waals surface area contributed by atoms with Crippen LogP contribution in [0.3, 0.4) is 0 Å². The van der Waals surface area contributed by atoms with Crippen molar-refractivity contribution in [2.75, 3.05) is 6.61 Å². The molecule has 0 spiro atoms. The summed E-state index contributed by atoms with van der Waals surface area (Å²) in [5, 5.41) is 9.06. The number of hydrogen-bond acceptors (Lipinski definition) is 6. The molecule has 3 rings (SSSR count). The first-order valence-corrected chi connectivity index (χ1v) is 9.21. The molecule has 0 unspecified atom stereocenters. The number of hydrogen-bond donors (Lipinski definition) is 0. The Morgan fingerprint density at radius 3 is 2.56 bits per heavy atom. The van der Waals surface area contributed by atoms with Gasteiger partial charge in [-0.1, -0.05) is 22.9 Å². The second kappa shape index (κ2) is 7.85. The third kappa shape index (κ3) is 4.15. The van der Waals surface area contributed by atoms with E-state index >= 15 is 0 Å². The molecule has 0 bridgehead atoms. The van der Waals surface area contributed by atoms with E-state index in [1.54, 1.807) is 56.0 Å². The minimum absolute atomic E-state index is 0.0984. The minimum atomic E-state index is -0.573. The lowest BCUT2D eigenvalue weighted by atomic mass is 10.2. The Morgan fingerprint density at radius 2 is 1.96 bits per heavy atom. The second-order valence-corrected chi connectivity index (χ2v) is 6.91. The van der Waals surface area contributed by atoms with Gasteiger partial charge in [0, 0.05) is 18.3 Å². The molecular formula is C17H16ClN5O3S. The van der Waals surface area contributed by atoms with Crippen molar-refractivity contribution in [3.05, 3.63) is 56.6 Å². The topological polar surface area (TPSA) is 91.4 Å². The molecule has 140 valence electrons. The average Bonchev–Trinajstić information content (AvgIpc) is 3.19. The van der Waals surface area contributed by atoms with Crippen LogP contribution in [0.25, 0.3) is 5.69 Å². The molecule has 0 fully saturated rings. The van der Waals surface area contributed by atoms with Crippen LogP contribution < -0.4 is 4.80 Å². The zero-order chi connectivity index (χ0) is 19.6. The number of esters is 1. The molecule has 0 aliphatic carbocycles. The van der Waals surface area contributed by atoms with E-state index in [1.807, 2.05) is 0 Å². The van der Waals surface area contributed by atoms with Gasteiger partial charge in [0.05, 0.1) is 23.6 Å². The maximum atomic E-state index is 12.6. The molecular weight excluding hydrogens is 390 g/mol. The molecule has 0 N–H and O–H groups in total. The summed E-state index contributed by atoms with van der Waals surface area (Å²) in [6, 6.07) is 6.81. The third-order valence-corrected chi connectivity index (χ3v) is 4.66. The van der Waals surface area contributed by atoms with Gasteiger partial charge in [0.2, 0.25) is 9.81 Å². The predicted molar refractivity (Wildman–Crippen MR) is 100 cm³/mol. The summed E-state index contributed by atoms with van der Waals surface area (Å²) >= 11 is 6.90. The van der Waals surface area contributed by atoms with Gasteiger partial charge in [0.25, 0.3) is 5.91 Å². The molecule has 0 atom stereocenters. The van der Waals surface area contributed by atoms with Gasteiger partial charge in [-0.15, -0.1) is 5.10 Å². The molecule has 0 aliphatic heterocycles. The maximum absolute atomic E-state index is 12.6. The Hall–Kier alpha value is -2.78. The van der Waals surface area contributed by atoms with Crippen molar-refractivity contribution in [2.45, 2.75) is 13.8 Å². The fourth-order valence-corrected chi connectivity index (χ4v) is 3.26. The van der Waals surface area contributed by atoms with Gasteiger partial charge in [-0.25, -0.2) is 9.48 Å². The van der Waals surface area contributed by atoms with Crippen molar-refractivity contribution in [3.8, 4) is 5.69 Å². The van der Waals surface area contributed by atoms with Crippen LogP contribution in [-0.2, 0) is 11.8 Å². The molecule has 0 radical (unpaired) electrons. The van der Waals surface area contributed by atoms with Gasteiger partial charge < -0.3 is 4.74 Å². The van der Waals surface area contributed by atoms with Gasteiger partial charge in [0.1, 0.15) is 0 Å². The molecule has 2 heterocycles. The highest BCUT2D eigenvalue weighted by atomic mass is 35.5. The summed E-state index contributed by atoms with van der Waals surface area (Å²) in [5.74, 6) is -1.04. The summed E-state index contributed by atoms with van der Waals surface area (Å²) in [6.07, 6.45) is 1.60. The zero-order valence-corrected chi connectivity index (χ0v) is 16.4. The Kier molecular flexibility index (Phi) is 5.52. The Morgan fingerprint density at radius 1 is 1.26 bits per heavy atom. The standard InChI is InChI=1S/C17H16ClN5O3S/c1-4-26-16(25)15-21-23(12-7-5-11(18)6-8-12)17(27-15)19-14(24)13-9-22(3)20-10(13)2/h5-9H,4H2,1-3H3. The number of halogens is 1. The summed E-state index contributed by atoms with van der Waals surface area (Å²) in [7, 11) is 1.73. The number of carbonyl (C=O) groups is 2. The maximum Gasteiger partial charge on any atom is 0.369 e. The monoisotopic (exact) mass is 405 g/mol. The Balaban J connectivity index is 2.11. The highest BCUT2D eigenvalue weighted by Gasteiger charge is 2.18. The lowest BCUT2D eigenvalue weighted by molar-refractivity contribution is 0.0524. The number of amides is 1. The fraction of sp³-hybridized carbons (Fsp3) is 0.235. The third-order valence-electron chi connectivity index (χ3n) is 3.52. The Bertz CT molecular complexity index is 1070.